The zero-order chi connectivity index (χ0) is 41.4. The molecule has 2 atom stereocenters. The number of nitrogens with zero attached hydrogens (tertiary/aromatic N) is 1. The molecule has 0 rings (SSSR count). The maximum Gasteiger partial charge on any atom is 0.362 e. The molecule has 0 aromatic carbocycles. The molecule has 0 aliphatic rings. The van der Waals surface area contributed by atoms with Gasteiger partial charge >= 0.3 is 17.9 Å². The second-order valence-electron chi connectivity index (χ2n) is 17.4. The van der Waals surface area contributed by atoms with Crippen molar-refractivity contribution in [1.82, 2.24) is 0 Å². The minimum Gasteiger partial charge on any atom is -0.477 e. The number of carbonyl (C=O) groups excluding carboxylic acids is 2. The molecule has 0 aromatic heterocycles. The molecule has 0 radical (unpaired) electrons. The van der Waals surface area contributed by atoms with Gasteiger partial charge < -0.3 is 23.8 Å². The number of unbranched alkanes of at least 4 members (excludes halogenated alkanes) is 27. The predicted molar refractivity (Wildman–Crippen MR) is 234 cm³/mol. The van der Waals surface area contributed by atoms with Crippen molar-refractivity contribution in [3.63, 3.8) is 0 Å². The summed E-state index contributed by atoms with van der Waals surface area (Å²) in [5.41, 5.74) is 0. The SMILES string of the molecule is CCC/C=C\CCCCCCCC(=O)OC(COCCC(C(=O)O)[N+](C)(C)C)COC(=O)CCCCCCCCCCCCCCCCCCCCCCCC. The Balaban J connectivity index is 4.12. The summed E-state index contributed by atoms with van der Waals surface area (Å²) in [5.74, 6) is -1.47. The second kappa shape index (κ2) is 39.9. The topological polar surface area (TPSA) is 99.1 Å². The summed E-state index contributed by atoms with van der Waals surface area (Å²) in [5, 5.41) is 9.61. The van der Waals surface area contributed by atoms with E-state index in [1.165, 1.54) is 135 Å². The van der Waals surface area contributed by atoms with E-state index < -0.39 is 18.1 Å². The summed E-state index contributed by atoms with van der Waals surface area (Å²) >= 11 is 0. The van der Waals surface area contributed by atoms with Crippen molar-refractivity contribution in [3.05, 3.63) is 12.2 Å². The number of esters is 2. The second-order valence-corrected chi connectivity index (χ2v) is 17.4. The Kier molecular flexibility index (Phi) is 38.5. The zero-order valence-electron chi connectivity index (χ0n) is 37.6. The van der Waals surface area contributed by atoms with Crippen LogP contribution in [0.3, 0.4) is 0 Å². The number of hydrogen-bond acceptors (Lipinski definition) is 6. The van der Waals surface area contributed by atoms with E-state index in [9.17, 15) is 19.5 Å². The van der Waals surface area contributed by atoms with Gasteiger partial charge in [-0.05, 0) is 32.1 Å². The van der Waals surface area contributed by atoms with Crippen LogP contribution < -0.4 is 0 Å². The maximum atomic E-state index is 12.7. The van der Waals surface area contributed by atoms with E-state index in [2.05, 4.69) is 26.0 Å². The van der Waals surface area contributed by atoms with Gasteiger partial charge in [0.25, 0.3) is 0 Å². The molecule has 0 bridgehead atoms. The van der Waals surface area contributed by atoms with Crippen LogP contribution in [0.25, 0.3) is 0 Å². The number of quaternary nitrogens is 1. The third-order valence-corrected chi connectivity index (χ3v) is 10.9. The molecule has 330 valence electrons. The molecule has 1 N–H and O–H groups in total. The molecule has 0 aromatic rings. The first-order chi connectivity index (χ1) is 27.1. The average molecular weight is 795 g/mol. The molecule has 0 aliphatic heterocycles. The van der Waals surface area contributed by atoms with E-state index in [0.29, 0.717) is 19.3 Å². The number of ether oxygens (including phenoxy) is 3. The molecule has 0 amide bonds. The van der Waals surface area contributed by atoms with Crippen molar-refractivity contribution in [2.45, 2.75) is 238 Å². The van der Waals surface area contributed by atoms with Crippen LogP contribution in [-0.2, 0) is 28.6 Å². The van der Waals surface area contributed by atoms with Crippen molar-refractivity contribution in [2.75, 3.05) is 41.0 Å². The van der Waals surface area contributed by atoms with E-state index in [4.69, 9.17) is 14.2 Å². The van der Waals surface area contributed by atoms with E-state index in [-0.39, 0.29) is 36.2 Å². The molecule has 0 spiro atoms. The average Bonchev–Trinajstić information content (AvgIpc) is 3.15. The molecular formula is C48H92NO7+. The van der Waals surface area contributed by atoms with Crippen LogP contribution in [0.2, 0.25) is 0 Å². The fourth-order valence-electron chi connectivity index (χ4n) is 7.21. The lowest BCUT2D eigenvalue weighted by molar-refractivity contribution is -0.887. The van der Waals surface area contributed by atoms with Crippen LogP contribution >= 0.6 is 0 Å². The van der Waals surface area contributed by atoms with Crippen LogP contribution in [0.1, 0.15) is 226 Å². The zero-order valence-corrected chi connectivity index (χ0v) is 37.6. The lowest BCUT2D eigenvalue weighted by Gasteiger charge is -2.31. The van der Waals surface area contributed by atoms with Crippen LogP contribution in [0, 0.1) is 0 Å². The van der Waals surface area contributed by atoms with Gasteiger partial charge in [-0.2, -0.15) is 0 Å². The number of likely N-dealkylation sites (N-methyl/N-ethyl adjacent to an activating group) is 1. The molecule has 0 fully saturated rings. The third kappa shape index (κ3) is 37.6. The first kappa shape index (κ1) is 54.1. The number of carbonyl (C=O) groups is 3. The highest BCUT2D eigenvalue weighted by Crippen LogP contribution is 2.16. The molecule has 0 saturated heterocycles. The molecule has 2 unspecified atom stereocenters. The molecule has 0 aliphatic carbocycles. The highest BCUT2D eigenvalue weighted by atomic mass is 16.6. The van der Waals surface area contributed by atoms with Crippen molar-refractivity contribution < 1.29 is 38.2 Å². The van der Waals surface area contributed by atoms with Crippen LogP contribution in [0.5, 0.6) is 0 Å². The molecule has 8 heteroatoms. The number of carboxylic acid groups (broad SMARTS) is 1. The predicted octanol–water partition coefficient (Wildman–Crippen LogP) is 13.1. The van der Waals surface area contributed by atoms with Gasteiger partial charge in [0.05, 0.1) is 34.4 Å². The van der Waals surface area contributed by atoms with Gasteiger partial charge in [-0.1, -0.05) is 187 Å². The van der Waals surface area contributed by atoms with Crippen LogP contribution in [0.4, 0.5) is 0 Å². The summed E-state index contributed by atoms with van der Waals surface area (Å²) in [6.45, 7) is 4.70. The molecule has 0 saturated carbocycles. The number of allylic oxidation sites excluding steroid dienone is 2. The van der Waals surface area contributed by atoms with Gasteiger partial charge in [-0.3, -0.25) is 9.59 Å². The van der Waals surface area contributed by atoms with Crippen molar-refractivity contribution in [3.8, 4) is 0 Å². The first-order valence-corrected chi connectivity index (χ1v) is 23.7. The normalized spacial score (nSPS) is 12.9. The van der Waals surface area contributed by atoms with Crippen LogP contribution in [-0.4, -0.2) is 80.6 Å². The Hall–Kier alpha value is -1.93. The van der Waals surface area contributed by atoms with Gasteiger partial charge in [0.2, 0.25) is 0 Å². The van der Waals surface area contributed by atoms with Gasteiger partial charge in [0.15, 0.2) is 12.1 Å². The van der Waals surface area contributed by atoms with Gasteiger partial charge in [-0.25, -0.2) is 4.79 Å². The lowest BCUT2D eigenvalue weighted by atomic mass is 10.0. The fraction of sp³-hybridized carbons (Fsp3) is 0.896. The molecule has 8 nitrogen and oxygen atoms in total. The first-order valence-electron chi connectivity index (χ1n) is 23.7. The van der Waals surface area contributed by atoms with Gasteiger partial charge in [-0.15, -0.1) is 0 Å². The van der Waals surface area contributed by atoms with Crippen LogP contribution in [0.15, 0.2) is 12.2 Å². The minimum absolute atomic E-state index is 0.0485. The third-order valence-electron chi connectivity index (χ3n) is 10.9. The van der Waals surface area contributed by atoms with Crippen molar-refractivity contribution in [1.29, 1.82) is 0 Å². The van der Waals surface area contributed by atoms with E-state index >= 15 is 0 Å². The number of rotatable bonds is 43. The number of aliphatic carboxylic acids is 1. The summed E-state index contributed by atoms with van der Waals surface area (Å²) in [4.78, 5) is 36.9. The Labute approximate surface area is 346 Å². The smallest absolute Gasteiger partial charge is 0.362 e. The summed E-state index contributed by atoms with van der Waals surface area (Å²) in [7, 11) is 5.53. The number of carboxylic acids is 1. The van der Waals surface area contributed by atoms with Crippen molar-refractivity contribution >= 4 is 17.9 Å². The Morgan fingerprint density at radius 1 is 0.518 bits per heavy atom. The largest absolute Gasteiger partial charge is 0.477 e. The maximum absolute atomic E-state index is 12.7. The molecule has 56 heavy (non-hydrogen) atoms. The summed E-state index contributed by atoms with van der Waals surface area (Å²) < 4.78 is 17.3. The summed E-state index contributed by atoms with van der Waals surface area (Å²) in [6, 6.07) is -0.611. The summed E-state index contributed by atoms with van der Waals surface area (Å²) in [6.07, 6.45) is 42.7. The lowest BCUT2D eigenvalue weighted by Crippen LogP contribution is -2.50. The monoisotopic (exact) mass is 795 g/mol. The van der Waals surface area contributed by atoms with Gasteiger partial charge in [0, 0.05) is 19.3 Å². The van der Waals surface area contributed by atoms with Crippen molar-refractivity contribution in [2.24, 2.45) is 0 Å². The standard InChI is InChI=1S/C48H91NO7/c1-6-8-10-12-14-16-18-19-20-21-22-23-24-25-26-27-28-29-31-32-34-36-38-46(50)55-43-44(42-54-41-40-45(48(52)53)49(3,4)5)56-47(51)39-37-35-33-30-17-15-13-11-9-7-2/h11,13,44-45H,6-10,12,14-43H2,1-5H3/p+1/b13-11-. The number of hydrogen-bond donors (Lipinski definition) is 1. The van der Waals surface area contributed by atoms with E-state index in [0.717, 1.165) is 57.8 Å². The van der Waals surface area contributed by atoms with Gasteiger partial charge in [0.1, 0.15) is 6.61 Å². The minimum atomic E-state index is -0.874. The Bertz CT molecular complexity index is 931. The fourth-order valence-corrected chi connectivity index (χ4v) is 7.21. The Morgan fingerprint density at radius 3 is 1.36 bits per heavy atom. The van der Waals surface area contributed by atoms with E-state index in [1.54, 1.807) is 0 Å². The quantitative estimate of drug-likeness (QED) is 0.0284. The molecular weight excluding hydrogens is 703 g/mol. The molecule has 0 heterocycles. The highest BCUT2D eigenvalue weighted by molar-refractivity contribution is 5.72. The van der Waals surface area contributed by atoms with E-state index in [1.807, 2.05) is 21.1 Å². The Morgan fingerprint density at radius 2 is 0.929 bits per heavy atom. The highest BCUT2D eigenvalue weighted by Gasteiger charge is 2.31.